The third-order valence-corrected chi connectivity index (χ3v) is 4.07. The second-order valence-electron chi connectivity index (χ2n) is 6.01. The molecule has 0 bridgehead atoms. The van der Waals surface area contributed by atoms with E-state index in [0.29, 0.717) is 0 Å². The minimum atomic E-state index is 0.0617. The number of amides is 1. The van der Waals surface area contributed by atoms with Crippen LogP contribution in [-0.4, -0.2) is 26.0 Å². The Hall–Kier alpha value is -1.55. The molecule has 1 aromatic carbocycles. The largest absolute Gasteiger partial charge is 0.378 e. The summed E-state index contributed by atoms with van der Waals surface area (Å²) in [7, 11) is 4.02. The Balaban J connectivity index is 2.04. The van der Waals surface area contributed by atoms with Gasteiger partial charge in [-0.2, -0.15) is 0 Å². The third kappa shape index (κ3) is 3.51. The van der Waals surface area contributed by atoms with E-state index in [1.54, 1.807) is 0 Å². The monoisotopic (exact) mass is 275 g/mol. The van der Waals surface area contributed by atoms with Crippen molar-refractivity contribution in [3.05, 3.63) is 23.8 Å². The Morgan fingerprint density at radius 2 is 2.10 bits per heavy atom. The summed E-state index contributed by atoms with van der Waals surface area (Å²) >= 11 is 0. The lowest BCUT2D eigenvalue weighted by Crippen LogP contribution is -2.34. The summed E-state index contributed by atoms with van der Waals surface area (Å²) in [6.07, 6.45) is 3.85. The topological polar surface area (TPSA) is 58.4 Å². The van der Waals surface area contributed by atoms with Crippen LogP contribution in [0.15, 0.2) is 18.2 Å². The third-order valence-electron chi connectivity index (χ3n) is 4.07. The highest BCUT2D eigenvalue weighted by atomic mass is 16.1. The van der Waals surface area contributed by atoms with Gasteiger partial charge in [0, 0.05) is 37.4 Å². The molecule has 0 heterocycles. The van der Waals surface area contributed by atoms with Gasteiger partial charge in [-0.25, -0.2) is 0 Å². The van der Waals surface area contributed by atoms with Gasteiger partial charge in [0.25, 0.3) is 0 Å². The molecule has 1 aliphatic carbocycles. The van der Waals surface area contributed by atoms with Crippen LogP contribution in [0.1, 0.15) is 31.2 Å². The van der Waals surface area contributed by atoms with Crippen LogP contribution in [0, 0.1) is 12.8 Å². The van der Waals surface area contributed by atoms with Crippen molar-refractivity contribution < 1.29 is 4.79 Å². The van der Waals surface area contributed by atoms with Crippen molar-refractivity contribution in [3.63, 3.8) is 0 Å². The summed E-state index contributed by atoms with van der Waals surface area (Å²) in [5.41, 5.74) is 9.08. The molecule has 20 heavy (non-hydrogen) atoms. The van der Waals surface area contributed by atoms with Crippen molar-refractivity contribution >= 4 is 17.3 Å². The average Bonchev–Trinajstić information content (AvgIpc) is 2.40. The summed E-state index contributed by atoms with van der Waals surface area (Å²) < 4.78 is 0. The van der Waals surface area contributed by atoms with Crippen LogP contribution in [0.3, 0.4) is 0 Å². The molecule has 1 saturated carbocycles. The normalized spacial score (nSPS) is 22.4. The molecule has 0 aliphatic heterocycles. The van der Waals surface area contributed by atoms with Gasteiger partial charge in [-0.3, -0.25) is 4.79 Å². The van der Waals surface area contributed by atoms with E-state index in [2.05, 4.69) is 16.3 Å². The molecule has 1 aromatic rings. The predicted octanol–water partition coefficient (Wildman–Crippen LogP) is 2.52. The molecule has 0 aromatic heterocycles. The van der Waals surface area contributed by atoms with Crippen LogP contribution in [0.4, 0.5) is 11.4 Å². The minimum absolute atomic E-state index is 0.0617. The fraction of sp³-hybridized carbons (Fsp3) is 0.562. The number of nitrogens with two attached hydrogens (primary N) is 1. The Kier molecular flexibility index (Phi) is 4.65. The summed E-state index contributed by atoms with van der Waals surface area (Å²) in [5.74, 6) is 0.174. The second-order valence-corrected chi connectivity index (χ2v) is 6.01. The van der Waals surface area contributed by atoms with E-state index >= 15 is 0 Å². The molecule has 1 fully saturated rings. The molecule has 0 radical (unpaired) electrons. The number of hydrogen-bond donors (Lipinski definition) is 2. The van der Waals surface area contributed by atoms with Gasteiger partial charge < -0.3 is 16.0 Å². The SMILES string of the molecule is Cc1cc(N(C)C)ccc1NC(=O)C1CCCC(N)C1. The molecule has 2 rings (SSSR count). The van der Waals surface area contributed by atoms with Crippen molar-refractivity contribution in [2.75, 3.05) is 24.3 Å². The van der Waals surface area contributed by atoms with Crippen molar-refractivity contribution in [2.45, 2.75) is 38.6 Å². The Morgan fingerprint density at radius 3 is 2.70 bits per heavy atom. The maximum Gasteiger partial charge on any atom is 0.227 e. The number of rotatable bonds is 3. The van der Waals surface area contributed by atoms with E-state index in [1.165, 1.54) is 0 Å². The molecule has 110 valence electrons. The van der Waals surface area contributed by atoms with Gasteiger partial charge in [-0.05, 0) is 49.9 Å². The van der Waals surface area contributed by atoms with Gasteiger partial charge >= 0.3 is 0 Å². The molecule has 2 atom stereocenters. The molecule has 0 saturated heterocycles. The number of hydrogen-bond acceptors (Lipinski definition) is 3. The average molecular weight is 275 g/mol. The summed E-state index contributed by atoms with van der Waals surface area (Å²) in [6.45, 7) is 2.02. The number of nitrogens with one attached hydrogen (secondary N) is 1. The van der Waals surface area contributed by atoms with E-state index < -0.39 is 0 Å². The number of benzene rings is 1. The standard InChI is InChI=1S/C16H25N3O/c1-11-9-14(19(2)3)7-8-15(11)18-16(20)12-5-4-6-13(17)10-12/h7-9,12-13H,4-6,10,17H2,1-3H3,(H,18,20). The van der Waals surface area contributed by atoms with Gasteiger partial charge in [0.05, 0.1) is 0 Å². The highest BCUT2D eigenvalue weighted by molar-refractivity contribution is 5.93. The van der Waals surface area contributed by atoms with Gasteiger partial charge in [-0.15, -0.1) is 0 Å². The van der Waals surface area contributed by atoms with Crippen molar-refractivity contribution in [1.29, 1.82) is 0 Å². The van der Waals surface area contributed by atoms with E-state index in [0.717, 1.165) is 42.6 Å². The summed E-state index contributed by atoms with van der Waals surface area (Å²) in [5, 5.41) is 3.05. The highest BCUT2D eigenvalue weighted by Gasteiger charge is 2.25. The van der Waals surface area contributed by atoms with Crippen LogP contribution in [0.2, 0.25) is 0 Å². The van der Waals surface area contributed by atoms with Crippen LogP contribution < -0.4 is 16.0 Å². The van der Waals surface area contributed by atoms with E-state index in [-0.39, 0.29) is 17.9 Å². The van der Waals surface area contributed by atoms with Crippen molar-refractivity contribution in [2.24, 2.45) is 11.7 Å². The Bertz CT molecular complexity index is 485. The van der Waals surface area contributed by atoms with Gasteiger partial charge in [0.2, 0.25) is 5.91 Å². The van der Waals surface area contributed by atoms with Crippen LogP contribution in [0.25, 0.3) is 0 Å². The lowest BCUT2D eigenvalue weighted by atomic mass is 9.85. The van der Waals surface area contributed by atoms with Crippen LogP contribution in [0.5, 0.6) is 0 Å². The minimum Gasteiger partial charge on any atom is -0.378 e. The first-order valence-electron chi connectivity index (χ1n) is 7.32. The molecule has 4 nitrogen and oxygen atoms in total. The number of anilines is 2. The molecular weight excluding hydrogens is 250 g/mol. The second kappa shape index (κ2) is 6.27. The zero-order chi connectivity index (χ0) is 14.7. The zero-order valence-electron chi connectivity index (χ0n) is 12.6. The molecular formula is C16H25N3O. The van der Waals surface area contributed by atoms with Crippen molar-refractivity contribution in [3.8, 4) is 0 Å². The van der Waals surface area contributed by atoms with Gasteiger partial charge in [0.1, 0.15) is 0 Å². The van der Waals surface area contributed by atoms with E-state index in [1.807, 2.05) is 33.2 Å². The lowest BCUT2D eigenvalue weighted by Gasteiger charge is -2.26. The molecule has 2 unspecified atom stereocenters. The molecule has 0 spiro atoms. The number of carbonyl (C=O) groups is 1. The van der Waals surface area contributed by atoms with E-state index in [9.17, 15) is 4.79 Å². The van der Waals surface area contributed by atoms with Gasteiger partial charge in [-0.1, -0.05) is 6.42 Å². The van der Waals surface area contributed by atoms with Crippen molar-refractivity contribution in [1.82, 2.24) is 0 Å². The number of carbonyl (C=O) groups excluding carboxylic acids is 1. The van der Waals surface area contributed by atoms with E-state index in [4.69, 9.17) is 5.73 Å². The molecule has 3 N–H and O–H groups in total. The molecule has 4 heteroatoms. The maximum absolute atomic E-state index is 12.3. The first-order valence-corrected chi connectivity index (χ1v) is 7.32. The summed E-state index contributed by atoms with van der Waals surface area (Å²) in [4.78, 5) is 14.4. The fourth-order valence-corrected chi connectivity index (χ4v) is 2.77. The Morgan fingerprint density at radius 1 is 1.35 bits per heavy atom. The number of nitrogens with zero attached hydrogens (tertiary/aromatic N) is 1. The fourth-order valence-electron chi connectivity index (χ4n) is 2.77. The van der Waals surface area contributed by atoms with Gasteiger partial charge in [0.15, 0.2) is 0 Å². The number of aryl methyl sites for hydroxylation is 1. The maximum atomic E-state index is 12.3. The Labute approximate surface area is 121 Å². The zero-order valence-corrected chi connectivity index (χ0v) is 12.6. The molecule has 1 amide bonds. The highest BCUT2D eigenvalue weighted by Crippen LogP contribution is 2.26. The molecule has 1 aliphatic rings. The summed E-state index contributed by atoms with van der Waals surface area (Å²) in [6, 6.07) is 6.26. The van der Waals surface area contributed by atoms with Crippen LogP contribution >= 0.6 is 0 Å². The predicted molar refractivity (Wildman–Crippen MR) is 84.1 cm³/mol. The first-order chi connectivity index (χ1) is 9.47. The quantitative estimate of drug-likeness (QED) is 0.891. The van der Waals surface area contributed by atoms with Crippen LogP contribution in [-0.2, 0) is 4.79 Å². The first kappa shape index (κ1) is 14.9. The smallest absolute Gasteiger partial charge is 0.227 e. The lowest BCUT2D eigenvalue weighted by molar-refractivity contribution is -0.120.